The molecule has 0 spiro atoms. The predicted octanol–water partition coefficient (Wildman–Crippen LogP) is 3.79. The van der Waals surface area contributed by atoms with Crippen LogP contribution in [0.4, 0.5) is 0 Å². The SMILES string of the molecule is CCCCCOC(=O)c1cccc(CCCC[O])c1. The van der Waals surface area contributed by atoms with Gasteiger partial charge in [0, 0.05) is 0 Å². The van der Waals surface area contributed by atoms with Crippen LogP contribution in [0.1, 0.15) is 54.9 Å². The Hall–Kier alpha value is -1.35. The molecule has 1 rings (SSSR count). The molecule has 19 heavy (non-hydrogen) atoms. The van der Waals surface area contributed by atoms with Gasteiger partial charge in [-0.15, -0.1) is 0 Å². The van der Waals surface area contributed by atoms with Crippen LogP contribution >= 0.6 is 0 Å². The summed E-state index contributed by atoms with van der Waals surface area (Å²) in [5.74, 6) is -0.248. The van der Waals surface area contributed by atoms with Gasteiger partial charge in [0.15, 0.2) is 0 Å². The lowest BCUT2D eigenvalue weighted by atomic mass is 10.1. The van der Waals surface area contributed by atoms with Gasteiger partial charge in [-0.2, -0.15) is 0 Å². The van der Waals surface area contributed by atoms with Crippen LogP contribution in [0.25, 0.3) is 0 Å². The lowest BCUT2D eigenvalue weighted by Crippen LogP contribution is -2.07. The molecular formula is C16H23O3. The summed E-state index contributed by atoms with van der Waals surface area (Å²) < 4.78 is 5.22. The molecule has 0 unspecified atom stereocenters. The second kappa shape index (κ2) is 9.56. The first kappa shape index (κ1) is 15.7. The van der Waals surface area contributed by atoms with E-state index in [0.717, 1.165) is 37.7 Å². The van der Waals surface area contributed by atoms with E-state index >= 15 is 0 Å². The van der Waals surface area contributed by atoms with Crippen molar-refractivity contribution in [1.29, 1.82) is 0 Å². The molecule has 0 N–H and O–H groups in total. The third kappa shape index (κ3) is 6.39. The lowest BCUT2D eigenvalue weighted by molar-refractivity contribution is 0.0498. The predicted molar refractivity (Wildman–Crippen MR) is 74.7 cm³/mol. The summed E-state index contributed by atoms with van der Waals surface area (Å²) in [4.78, 5) is 11.8. The minimum Gasteiger partial charge on any atom is -0.462 e. The molecule has 0 saturated carbocycles. The summed E-state index contributed by atoms with van der Waals surface area (Å²) in [6.07, 6.45) is 5.53. The second-order valence-electron chi connectivity index (χ2n) is 4.70. The fourth-order valence-electron chi connectivity index (χ4n) is 1.89. The van der Waals surface area contributed by atoms with Crippen LogP contribution in [-0.2, 0) is 16.3 Å². The molecule has 0 aliphatic carbocycles. The molecule has 0 aliphatic heterocycles. The first-order chi connectivity index (χ1) is 9.27. The van der Waals surface area contributed by atoms with Crippen LogP contribution in [0.2, 0.25) is 0 Å². The summed E-state index contributed by atoms with van der Waals surface area (Å²) in [6.45, 7) is 2.58. The molecule has 3 nitrogen and oxygen atoms in total. The number of carbonyl (C=O) groups excluding carboxylic acids is 1. The Morgan fingerprint density at radius 3 is 2.74 bits per heavy atom. The van der Waals surface area contributed by atoms with Crippen molar-refractivity contribution in [3.05, 3.63) is 35.4 Å². The van der Waals surface area contributed by atoms with Gasteiger partial charge in [-0.1, -0.05) is 31.9 Å². The number of unbranched alkanes of at least 4 members (excludes halogenated alkanes) is 3. The van der Waals surface area contributed by atoms with E-state index in [1.165, 1.54) is 0 Å². The van der Waals surface area contributed by atoms with Gasteiger partial charge in [-0.25, -0.2) is 9.90 Å². The van der Waals surface area contributed by atoms with E-state index < -0.39 is 0 Å². The summed E-state index contributed by atoms with van der Waals surface area (Å²) in [5.41, 5.74) is 1.70. The highest BCUT2D eigenvalue weighted by Gasteiger charge is 2.07. The van der Waals surface area contributed by atoms with Gasteiger partial charge in [-0.05, 0) is 43.4 Å². The Labute approximate surface area is 115 Å². The molecule has 3 heteroatoms. The van der Waals surface area contributed by atoms with Crippen LogP contribution < -0.4 is 0 Å². The van der Waals surface area contributed by atoms with Crippen LogP contribution in [0.3, 0.4) is 0 Å². The summed E-state index contributed by atoms with van der Waals surface area (Å²) in [6, 6.07) is 7.50. The van der Waals surface area contributed by atoms with E-state index in [1.807, 2.05) is 18.2 Å². The molecule has 0 aliphatic rings. The fourth-order valence-corrected chi connectivity index (χ4v) is 1.89. The maximum absolute atomic E-state index is 11.8. The number of esters is 1. The van der Waals surface area contributed by atoms with Crippen molar-refractivity contribution in [3.8, 4) is 0 Å². The van der Waals surface area contributed by atoms with Gasteiger partial charge >= 0.3 is 5.97 Å². The molecule has 0 saturated heterocycles. The van der Waals surface area contributed by atoms with Crippen molar-refractivity contribution in [1.82, 2.24) is 0 Å². The zero-order valence-corrected chi connectivity index (χ0v) is 11.7. The van der Waals surface area contributed by atoms with Crippen LogP contribution in [0.15, 0.2) is 24.3 Å². The molecule has 105 valence electrons. The highest BCUT2D eigenvalue weighted by atomic mass is 16.5. The number of rotatable bonds is 9. The van der Waals surface area contributed by atoms with Gasteiger partial charge in [0.1, 0.15) is 0 Å². The van der Waals surface area contributed by atoms with E-state index in [9.17, 15) is 9.90 Å². The summed E-state index contributed by atoms with van der Waals surface area (Å²) in [7, 11) is 0. The van der Waals surface area contributed by atoms with Crippen molar-refractivity contribution in [2.45, 2.75) is 45.4 Å². The topological polar surface area (TPSA) is 46.2 Å². The zero-order chi connectivity index (χ0) is 13.9. The maximum Gasteiger partial charge on any atom is 0.338 e. The molecule has 0 heterocycles. The molecule has 0 atom stereocenters. The van der Waals surface area contributed by atoms with E-state index in [2.05, 4.69) is 6.92 Å². The zero-order valence-electron chi connectivity index (χ0n) is 11.7. The molecule has 0 fully saturated rings. The Morgan fingerprint density at radius 2 is 2.00 bits per heavy atom. The van der Waals surface area contributed by atoms with Crippen molar-refractivity contribution >= 4 is 5.97 Å². The molecule has 0 bridgehead atoms. The minimum absolute atomic E-state index is 0.0286. The average Bonchev–Trinajstić information content (AvgIpc) is 2.44. The standard InChI is InChI=1S/C16H23O3/c1-2-3-6-12-19-16(18)15-10-7-9-14(13-15)8-4-5-11-17/h7,9-10,13H,2-6,8,11-12H2,1H3. The Balaban J connectivity index is 2.43. The number of aryl methyl sites for hydroxylation is 1. The van der Waals surface area contributed by atoms with E-state index in [0.29, 0.717) is 18.6 Å². The third-order valence-corrected chi connectivity index (χ3v) is 3.00. The van der Waals surface area contributed by atoms with Gasteiger partial charge in [0.2, 0.25) is 0 Å². The Morgan fingerprint density at radius 1 is 1.16 bits per heavy atom. The fraction of sp³-hybridized carbons (Fsp3) is 0.562. The molecule has 1 aromatic carbocycles. The number of benzene rings is 1. The molecule has 0 amide bonds. The van der Waals surface area contributed by atoms with Crippen LogP contribution in [0.5, 0.6) is 0 Å². The molecular weight excluding hydrogens is 240 g/mol. The van der Waals surface area contributed by atoms with Crippen LogP contribution in [0, 0.1) is 0 Å². The summed E-state index contributed by atoms with van der Waals surface area (Å²) >= 11 is 0. The highest BCUT2D eigenvalue weighted by molar-refractivity contribution is 5.89. The van der Waals surface area contributed by atoms with Crippen molar-refractivity contribution < 1.29 is 14.6 Å². The summed E-state index contributed by atoms with van der Waals surface area (Å²) in [5, 5.41) is 10.4. The van der Waals surface area contributed by atoms with Crippen molar-refractivity contribution in [2.75, 3.05) is 13.2 Å². The second-order valence-corrected chi connectivity index (χ2v) is 4.70. The van der Waals surface area contributed by atoms with Crippen molar-refractivity contribution in [2.24, 2.45) is 0 Å². The van der Waals surface area contributed by atoms with Gasteiger partial charge in [0.05, 0.1) is 18.8 Å². The third-order valence-electron chi connectivity index (χ3n) is 3.00. The van der Waals surface area contributed by atoms with Gasteiger partial charge < -0.3 is 4.74 Å². The number of hydrogen-bond acceptors (Lipinski definition) is 2. The number of hydrogen-bond donors (Lipinski definition) is 0. The highest BCUT2D eigenvalue weighted by Crippen LogP contribution is 2.10. The monoisotopic (exact) mass is 263 g/mol. The van der Waals surface area contributed by atoms with E-state index in [1.54, 1.807) is 6.07 Å². The van der Waals surface area contributed by atoms with E-state index in [4.69, 9.17) is 4.74 Å². The molecule has 0 aromatic heterocycles. The maximum atomic E-state index is 11.8. The minimum atomic E-state index is -0.248. The normalized spacial score (nSPS) is 10.4. The number of ether oxygens (including phenoxy) is 1. The van der Waals surface area contributed by atoms with Gasteiger partial charge in [0.25, 0.3) is 0 Å². The van der Waals surface area contributed by atoms with Crippen LogP contribution in [-0.4, -0.2) is 19.2 Å². The van der Waals surface area contributed by atoms with Gasteiger partial charge in [-0.3, -0.25) is 0 Å². The van der Waals surface area contributed by atoms with E-state index in [-0.39, 0.29) is 12.6 Å². The quantitative estimate of drug-likeness (QED) is 0.502. The van der Waals surface area contributed by atoms with Crippen molar-refractivity contribution in [3.63, 3.8) is 0 Å². The lowest BCUT2D eigenvalue weighted by Gasteiger charge is -2.06. The smallest absolute Gasteiger partial charge is 0.338 e. The largest absolute Gasteiger partial charge is 0.462 e. The Bertz CT molecular complexity index is 374. The first-order valence-electron chi connectivity index (χ1n) is 7.12. The molecule has 1 aromatic rings. The molecule has 1 radical (unpaired) electrons. The number of carbonyl (C=O) groups is 1. The Kier molecular flexibility index (Phi) is 7.91. The average molecular weight is 263 g/mol. The first-order valence-corrected chi connectivity index (χ1v) is 7.12.